The van der Waals surface area contributed by atoms with Crippen LogP contribution in [0.1, 0.15) is 61.7 Å². The SMILES string of the molecule is CC(=O)OC(C(=O)N[C@H](C)c1ccc(-c2ccsc2C#N)cc1)C(OC(C)=O)C(=O)N1CCCC1c1ccccc1. The summed E-state index contributed by atoms with van der Waals surface area (Å²) in [6, 6.07) is 20.1. The van der Waals surface area contributed by atoms with Crippen molar-refractivity contribution in [3.8, 4) is 17.2 Å². The second-order valence-electron chi connectivity index (χ2n) is 9.79. The van der Waals surface area contributed by atoms with Gasteiger partial charge in [0.1, 0.15) is 10.9 Å². The summed E-state index contributed by atoms with van der Waals surface area (Å²) in [4.78, 5) is 53.6. The van der Waals surface area contributed by atoms with Crippen LogP contribution in [0.4, 0.5) is 0 Å². The van der Waals surface area contributed by atoms with Crippen LogP contribution in [0.15, 0.2) is 66.0 Å². The molecule has 1 aliphatic heterocycles. The summed E-state index contributed by atoms with van der Waals surface area (Å²) in [5, 5.41) is 14.0. The van der Waals surface area contributed by atoms with Gasteiger partial charge in [0.15, 0.2) is 0 Å². The third-order valence-electron chi connectivity index (χ3n) is 6.93. The molecule has 0 bridgehead atoms. The zero-order valence-electron chi connectivity index (χ0n) is 23.0. The Kier molecular flexibility index (Phi) is 9.53. The Morgan fingerprint density at radius 1 is 0.976 bits per heavy atom. The number of rotatable bonds is 9. The van der Waals surface area contributed by atoms with Crippen LogP contribution in [-0.2, 0) is 28.7 Å². The van der Waals surface area contributed by atoms with Crippen molar-refractivity contribution in [2.75, 3.05) is 6.54 Å². The largest absolute Gasteiger partial charge is 0.448 e. The van der Waals surface area contributed by atoms with E-state index in [9.17, 15) is 24.4 Å². The Balaban J connectivity index is 1.55. The Hall–Kier alpha value is -4.49. The van der Waals surface area contributed by atoms with E-state index >= 15 is 0 Å². The molecule has 2 heterocycles. The number of nitriles is 1. The van der Waals surface area contributed by atoms with Crippen LogP contribution < -0.4 is 5.32 Å². The Morgan fingerprint density at radius 2 is 1.63 bits per heavy atom. The molecular weight excluding hydrogens is 542 g/mol. The number of nitrogens with one attached hydrogen (secondary N) is 1. The number of nitrogens with zero attached hydrogens (tertiary/aromatic N) is 2. The first-order chi connectivity index (χ1) is 19.7. The molecule has 1 N–H and O–H groups in total. The van der Waals surface area contributed by atoms with Crippen LogP contribution in [-0.4, -0.2) is 47.4 Å². The van der Waals surface area contributed by atoms with Gasteiger partial charge in [0.2, 0.25) is 12.2 Å². The van der Waals surface area contributed by atoms with Crippen molar-refractivity contribution in [3.63, 3.8) is 0 Å². The molecule has 2 aromatic carbocycles. The van der Waals surface area contributed by atoms with Crippen molar-refractivity contribution in [2.45, 2.75) is 57.9 Å². The van der Waals surface area contributed by atoms with E-state index in [1.807, 2.05) is 66.0 Å². The average Bonchev–Trinajstić information content (AvgIpc) is 3.65. The van der Waals surface area contributed by atoms with Crippen LogP contribution in [0.2, 0.25) is 0 Å². The lowest BCUT2D eigenvalue weighted by Crippen LogP contribution is -2.54. The molecule has 0 radical (unpaired) electrons. The van der Waals surface area contributed by atoms with Gasteiger partial charge in [-0.15, -0.1) is 11.3 Å². The summed E-state index contributed by atoms with van der Waals surface area (Å²) in [7, 11) is 0. The van der Waals surface area contributed by atoms with Crippen molar-refractivity contribution < 1.29 is 28.7 Å². The number of carbonyl (C=O) groups is 4. The minimum Gasteiger partial charge on any atom is -0.448 e. The lowest BCUT2D eigenvalue weighted by molar-refractivity contribution is -0.178. The van der Waals surface area contributed by atoms with E-state index in [-0.39, 0.29) is 6.04 Å². The fourth-order valence-corrected chi connectivity index (χ4v) is 5.73. The summed E-state index contributed by atoms with van der Waals surface area (Å²) >= 11 is 1.36. The number of hydrogen-bond acceptors (Lipinski definition) is 8. The van der Waals surface area contributed by atoms with Crippen LogP contribution in [0.25, 0.3) is 11.1 Å². The van der Waals surface area contributed by atoms with Gasteiger partial charge in [0, 0.05) is 26.0 Å². The lowest BCUT2D eigenvalue weighted by atomic mass is 10.0. The Labute approximate surface area is 242 Å². The number of thiophene rings is 1. The van der Waals surface area contributed by atoms with E-state index in [0.29, 0.717) is 17.8 Å². The van der Waals surface area contributed by atoms with E-state index in [4.69, 9.17) is 9.47 Å². The molecule has 212 valence electrons. The molecule has 41 heavy (non-hydrogen) atoms. The van der Waals surface area contributed by atoms with Crippen LogP contribution in [0.3, 0.4) is 0 Å². The fourth-order valence-electron chi connectivity index (χ4n) is 5.02. The molecule has 1 aliphatic rings. The van der Waals surface area contributed by atoms with Crippen molar-refractivity contribution >= 4 is 35.1 Å². The van der Waals surface area contributed by atoms with Crippen molar-refractivity contribution in [2.24, 2.45) is 0 Å². The highest BCUT2D eigenvalue weighted by Gasteiger charge is 2.44. The number of likely N-dealkylation sites (tertiary alicyclic amines) is 1. The molecule has 0 spiro atoms. The zero-order valence-corrected chi connectivity index (χ0v) is 23.9. The molecule has 0 saturated carbocycles. The molecule has 3 unspecified atom stereocenters. The average molecular weight is 574 g/mol. The molecule has 0 aliphatic carbocycles. The van der Waals surface area contributed by atoms with Gasteiger partial charge >= 0.3 is 11.9 Å². The van der Waals surface area contributed by atoms with Gasteiger partial charge in [-0.05, 0) is 47.9 Å². The predicted octanol–water partition coefficient (Wildman–Crippen LogP) is 4.69. The van der Waals surface area contributed by atoms with Crippen molar-refractivity contribution in [3.05, 3.63) is 82.0 Å². The number of esters is 2. The highest BCUT2D eigenvalue weighted by molar-refractivity contribution is 7.11. The number of benzene rings is 2. The van der Waals surface area contributed by atoms with Gasteiger partial charge in [-0.3, -0.25) is 19.2 Å². The molecule has 10 heteroatoms. The predicted molar refractivity (Wildman–Crippen MR) is 152 cm³/mol. The number of carbonyl (C=O) groups excluding carboxylic acids is 4. The highest BCUT2D eigenvalue weighted by Crippen LogP contribution is 2.33. The van der Waals surface area contributed by atoms with E-state index in [2.05, 4.69) is 11.4 Å². The second kappa shape index (κ2) is 13.2. The van der Waals surface area contributed by atoms with Gasteiger partial charge in [0.25, 0.3) is 11.8 Å². The minimum absolute atomic E-state index is 0.259. The number of hydrogen-bond donors (Lipinski definition) is 1. The molecule has 9 nitrogen and oxygen atoms in total. The van der Waals surface area contributed by atoms with Crippen molar-refractivity contribution in [1.29, 1.82) is 5.26 Å². The summed E-state index contributed by atoms with van der Waals surface area (Å²) in [5.41, 5.74) is 3.36. The molecule has 4 atom stereocenters. The normalized spacial score (nSPS) is 16.6. The zero-order chi connectivity index (χ0) is 29.5. The van der Waals surface area contributed by atoms with Gasteiger partial charge in [-0.1, -0.05) is 54.6 Å². The first kappa shape index (κ1) is 29.5. The third kappa shape index (κ3) is 6.99. The smallest absolute Gasteiger partial charge is 0.303 e. The Morgan fingerprint density at radius 3 is 2.27 bits per heavy atom. The summed E-state index contributed by atoms with van der Waals surface area (Å²) in [5.74, 6) is -2.94. The van der Waals surface area contributed by atoms with Crippen LogP contribution in [0, 0.1) is 11.3 Å². The fraction of sp³-hybridized carbons (Fsp3) is 0.323. The lowest BCUT2D eigenvalue weighted by Gasteiger charge is -2.32. The molecule has 4 rings (SSSR count). The molecule has 3 aromatic rings. The second-order valence-corrected chi connectivity index (χ2v) is 10.7. The van der Waals surface area contributed by atoms with E-state index in [1.165, 1.54) is 11.3 Å². The van der Waals surface area contributed by atoms with Gasteiger partial charge in [0.05, 0.1) is 12.1 Å². The maximum absolute atomic E-state index is 13.8. The molecule has 1 saturated heterocycles. The topological polar surface area (TPSA) is 126 Å². The van der Waals surface area contributed by atoms with Gasteiger partial charge < -0.3 is 19.7 Å². The van der Waals surface area contributed by atoms with Gasteiger partial charge in [-0.25, -0.2) is 0 Å². The highest BCUT2D eigenvalue weighted by atomic mass is 32.1. The molecular formula is C31H31N3O6S. The van der Waals surface area contributed by atoms with E-state index in [1.54, 1.807) is 11.8 Å². The number of amides is 2. The first-order valence-electron chi connectivity index (χ1n) is 13.3. The first-order valence-corrected chi connectivity index (χ1v) is 14.2. The minimum atomic E-state index is -1.69. The van der Waals surface area contributed by atoms with E-state index < -0.39 is 42.0 Å². The molecule has 1 fully saturated rings. The summed E-state index contributed by atoms with van der Waals surface area (Å²) < 4.78 is 10.7. The van der Waals surface area contributed by atoms with Crippen LogP contribution in [0.5, 0.6) is 0 Å². The third-order valence-corrected chi connectivity index (χ3v) is 7.75. The summed E-state index contributed by atoms with van der Waals surface area (Å²) in [6.07, 6.45) is -1.90. The quantitative estimate of drug-likeness (QED) is 0.368. The Bertz CT molecular complexity index is 1450. The maximum Gasteiger partial charge on any atom is 0.303 e. The standard InChI is InChI=1S/C31H31N3O6S/c1-19(22-11-13-23(14-12-22)25-15-17-41-27(25)18-32)33-30(37)28(39-20(2)35)29(40-21(3)36)31(38)34-16-7-10-26(34)24-8-5-4-6-9-24/h4-6,8-9,11-15,17,19,26,28-29H,7,10,16H2,1-3H3,(H,33,37)/t19-,26?,28?,29?/m1/s1. The van der Waals surface area contributed by atoms with E-state index in [0.717, 1.165) is 42.5 Å². The molecule has 1 aromatic heterocycles. The molecule has 2 amide bonds. The maximum atomic E-state index is 13.8. The number of ether oxygens (including phenoxy) is 2. The van der Waals surface area contributed by atoms with Crippen molar-refractivity contribution in [1.82, 2.24) is 10.2 Å². The monoisotopic (exact) mass is 573 g/mol. The van der Waals surface area contributed by atoms with Gasteiger partial charge in [-0.2, -0.15) is 5.26 Å². The van der Waals surface area contributed by atoms with Crippen LogP contribution >= 0.6 is 11.3 Å². The summed E-state index contributed by atoms with van der Waals surface area (Å²) in [6.45, 7) is 4.42.